The molecule has 0 spiro atoms. The highest BCUT2D eigenvalue weighted by molar-refractivity contribution is 6.02. The van der Waals surface area contributed by atoms with Crippen molar-refractivity contribution in [1.82, 2.24) is 0 Å². The standard InChI is InChI=1S/C49H40N2O2/c52-48(35-53-44-30-24-36(25-31-44)33-50-34-47-45-22-12-10-14-37(45)32-38-15-11-13-23-46(38)47)51-43-28-26-42(27-29-43)49(39-16-4-1-5-17-39,40-18-6-2-7-19-40)41-20-8-3-9-21-41/h1-32,50H,33-35H2,(H,51,52)/p+1. The summed E-state index contributed by atoms with van der Waals surface area (Å²) in [6, 6.07) is 67.5. The van der Waals surface area contributed by atoms with Gasteiger partial charge in [0.25, 0.3) is 5.91 Å². The van der Waals surface area contributed by atoms with Crippen LogP contribution in [0, 0.1) is 0 Å². The Bertz CT molecular complexity index is 2290. The van der Waals surface area contributed by atoms with Crippen molar-refractivity contribution in [2.24, 2.45) is 0 Å². The molecular weight excluding hydrogens is 649 g/mol. The van der Waals surface area contributed by atoms with Crippen LogP contribution in [0.1, 0.15) is 33.4 Å². The van der Waals surface area contributed by atoms with Crippen molar-refractivity contribution >= 4 is 33.1 Å². The zero-order chi connectivity index (χ0) is 35.9. The Kier molecular flexibility index (Phi) is 9.78. The molecule has 0 aliphatic rings. The molecule has 0 fully saturated rings. The summed E-state index contributed by atoms with van der Waals surface area (Å²) in [7, 11) is 0. The molecule has 258 valence electrons. The topological polar surface area (TPSA) is 54.9 Å². The van der Waals surface area contributed by atoms with E-state index < -0.39 is 5.41 Å². The number of carbonyl (C=O) groups excluding carboxylic acids is 1. The van der Waals surface area contributed by atoms with Gasteiger partial charge in [-0.25, -0.2) is 0 Å². The lowest BCUT2D eigenvalue weighted by Gasteiger charge is -2.37. The molecule has 8 rings (SSSR count). The van der Waals surface area contributed by atoms with Gasteiger partial charge in [0.2, 0.25) is 0 Å². The van der Waals surface area contributed by atoms with Crippen LogP contribution in [-0.2, 0) is 23.3 Å². The number of nitrogens with one attached hydrogen (secondary N) is 1. The smallest absolute Gasteiger partial charge is 0.262 e. The highest BCUT2D eigenvalue weighted by atomic mass is 16.5. The van der Waals surface area contributed by atoms with Gasteiger partial charge < -0.3 is 15.4 Å². The predicted molar refractivity (Wildman–Crippen MR) is 216 cm³/mol. The second-order valence-electron chi connectivity index (χ2n) is 13.4. The molecule has 0 unspecified atom stereocenters. The van der Waals surface area contributed by atoms with E-state index >= 15 is 0 Å². The molecule has 8 aromatic carbocycles. The molecular formula is C49H41N2O2+. The maximum absolute atomic E-state index is 13.0. The molecule has 0 aromatic heterocycles. The number of hydrogen-bond donors (Lipinski definition) is 2. The van der Waals surface area contributed by atoms with Crippen LogP contribution in [0.25, 0.3) is 21.5 Å². The number of fused-ring (bicyclic) bond motifs is 2. The number of hydrogen-bond acceptors (Lipinski definition) is 2. The lowest BCUT2D eigenvalue weighted by atomic mass is 9.65. The van der Waals surface area contributed by atoms with Gasteiger partial charge in [0, 0.05) is 16.8 Å². The van der Waals surface area contributed by atoms with Gasteiger partial charge in [-0.3, -0.25) is 4.79 Å². The number of nitrogens with two attached hydrogens (primary N) is 1. The maximum Gasteiger partial charge on any atom is 0.262 e. The van der Waals surface area contributed by atoms with Gasteiger partial charge in [0.1, 0.15) is 18.8 Å². The van der Waals surface area contributed by atoms with Gasteiger partial charge in [-0.05, 0) is 86.3 Å². The lowest BCUT2D eigenvalue weighted by molar-refractivity contribution is -0.685. The summed E-state index contributed by atoms with van der Waals surface area (Å²) < 4.78 is 5.89. The Hall–Kier alpha value is -6.49. The SMILES string of the molecule is O=C(COc1ccc(C[NH2+]Cc2c3ccccc3cc3ccccc23)cc1)Nc1ccc(C(c2ccccc2)(c2ccccc2)c2ccccc2)cc1. The second-order valence-corrected chi connectivity index (χ2v) is 13.4. The van der Waals surface area contributed by atoms with Crippen molar-refractivity contribution < 1.29 is 14.8 Å². The number of quaternary nitrogens is 1. The molecule has 0 aliphatic heterocycles. The number of amides is 1. The Morgan fingerprint density at radius 1 is 0.509 bits per heavy atom. The van der Waals surface area contributed by atoms with Gasteiger partial charge in [-0.1, -0.05) is 152 Å². The van der Waals surface area contributed by atoms with E-state index in [1.807, 2.05) is 42.5 Å². The first-order valence-electron chi connectivity index (χ1n) is 18.2. The summed E-state index contributed by atoms with van der Waals surface area (Å²) in [6.45, 7) is 1.64. The molecule has 1 amide bonds. The predicted octanol–water partition coefficient (Wildman–Crippen LogP) is 9.66. The van der Waals surface area contributed by atoms with Crippen molar-refractivity contribution in [2.75, 3.05) is 11.9 Å². The number of anilines is 1. The summed E-state index contributed by atoms with van der Waals surface area (Å²) in [5, 5.41) is 10.5. The average molecular weight is 690 g/mol. The van der Waals surface area contributed by atoms with Crippen molar-refractivity contribution in [2.45, 2.75) is 18.5 Å². The molecule has 0 heterocycles. The van der Waals surface area contributed by atoms with Crippen LogP contribution >= 0.6 is 0 Å². The molecule has 3 N–H and O–H groups in total. The molecule has 53 heavy (non-hydrogen) atoms. The molecule has 0 radical (unpaired) electrons. The summed E-state index contributed by atoms with van der Waals surface area (Å²) in [5.41, 5.74) is 7.36. The quantitative estimate of drug-likeness (QED) is 0.0992. The van der Waals surface area contributed by atoms with E-state index in [0.717, 1.165) is 24.3 Å². The van der Waals surface area contributed by atoms with E-state index in [9.17, 15) is 4.79 Å². The van der Waals surface area contributed by atoms with Gasteiger partial charge in [0.15, 0.2) is 6.61 Å². The first-order valence-corrected chi connectivity index (χ1v) is 18.2. The number of rotatable bonds is 12. The maximum atomic E-state index is 13.0. The minimum absolute atomic E-state index is 0.0800. The highest BCUT2D eigenvalue weighted by Crippen LogP contribution is 2.45. The van der Waals surface area contributed by atoms with E-state index in [-0.39, 0.29) is 12.5 Å². The van der Waals surface area contributed by atoms with E-state index in [0.29, 0.717) is 5.75 Å². The minimum Gasteiger partial charge on any atom is -0.484 e. The van der Waals surface area contributed by atoms with Gasteiger partial charge in [-0.15, -0.1) is 0 Å². The van der Waals surface area contributed by atoms with E-state index in [1.54, 1.807) is 0 Å². The van der Waals surface area contributed by atoms with Crippen LogP contribution in [0.3, 0.4) is 0 Å². The molecule has 0 atom stereocenters. The summed E-state index contributed by atoms with van der Waals surface area (Å²) in [4.78, 5) is 13.0. The Labute approximate surface area is 310 Å². The number of carbonyl (C=O) groups is 1. The second kappa shape index (κ2) is 15.4. The largest absolute Gasteiger partial charge is 0.484 e. The Morgan fingerprint density at radius 2 is 0.981 bits per heavy atom. The summed E-state index contributed by atoms with van der Waals surface area (Å²) >= 11 is 0. The summed E-state index contributed by atoms with van der Waals surface area (Å²) in [5.74, 6) is 0.454. The lowest BCUT2D eigenvalue weighted by Crippen LogP contribution is -2.80. The normalized spacial score (nSPS) is 11.4. The highest BCUT2D eigenvalue weighted by Gasteiger charge is 2.38. The molecule has 4 nitrogen and oxygen atoms in total. The van der Waals surface area contributed by atoms with Crippen LogP contribution in [0.15, 0.2) is 194 Å². The van der Waals surface area contributed by atoms with Crippen molar-refractivity contribution in [3.05, 3.63) is 228 Å². The van der Waals surface area contributed by atoms with E-state index in [2.05, 4.69) is 162 Å². The number of benzene rings is 8. The van der Waals surface area contributed by atoms with Crippen molar-refractivity contribution in [1.29, 1.82) is 0 Å². The van der Waals surface area contributed by atoms with Gasteiger partial charge >= 0.3 is 0 Å². The molecule has 4 heteroatoms. The van der Waals surface area contributed by atoms with E-state index in [1.165, 1.54) is 49.4 Å². The monoisotopic (exact) mass is 689 g/mol. The van der Waals surface area contributed by atoms with E-state index in [4.69, 9.17) is 4.74 Å². The Balaban J connectivity index is 0.916. The first kappa shape index (κ1) is 33.6. The third-order valence-corrected chi connectivity index (χ3v) is 10.1. The molecule has 0 saturated carbocycles. The third kappa shape index (κ3) is 7.05. The number of ether oxygens (including phenoxy) is 1. The summed E-state index contributed by atoms with van der Waals surface area (Å²) in [6.07, 6.45) is 0. The first-order chi connectivity index (χ1) is 26.2. The van der Waals surface area contributed by atoms with Crippen molar-refractivity contribution in [3.63, 3.8) is 0 Å². The van der Waals surface area contributed by atoms with Gasteiger partial charge in [-0.2, -0.15) is 0 Å². The molecule has 8 aromatic rings. The van der Waals surface area contributed by atoms with Gasteiger partial charge in [0.05, 0.1) is 5.41 Å². The Morgan fingerprint density at radius 3 is 1.51 bits per heavy atom. The third-order valence-electron chi connectivity index (χ3n) is 10.1. The van der Waals surface area contributed by atoms with Crippen molar-refractivity contribution in [3.8, 4) is 5.75 Å². The van der Waals surface area contributed by atoms with Crippen LogP contribution in [0.5, 0.6) is 5.75 Å². The van der Waals surface area contributed by atoms with Crippen LogP contribution < -0.4 is 15.4 Å². The molecule has 0 bridgehead atoms. The fraction of sp³-hybridized carbons (Fsp3) is 0.0816. The van der Waals surface area contributed by atoms with Crippen LogP contribution in [0.2, 0.25) is 0 Å². The minimum atomic E-state index is -0.538. The fourth-order valence-corrected chi connectivity index (χ4v) is 7.65. The fourth-order valence-electron chi connectivity index (χ4n) is 7.65. The zero-order valence-electron chi connectivity index (χ0n) is 29.5. The molecule has 0 saturated heterocycles. The average Bonchev–Trinajstić information content (AvgIpc) is 3.22. The zero-order valence-corrected chi connectivity index (χ0v) is 29.5. The van der Waals surface area contributed by atoms with Crippen LogP contribution in [0.4, 0.5) is 5.69 Å². The molecule has 0 aliphatic carbocycles. The van der Waals surface area contributed by atoms with Crippen LogP contribution in [-0.4, -0.2) is 12.5 Å².